The molecule has 3 N–H and O–H groups in total. The Hall–Kier alpha value is -4.09. The second-order valence-corrected chi connectivity index (χ2v) is 7.24. The Morgan fingerprint density at radius 2 is 1.86 bits per heavy atom. The Morgan fingerprint density at radius 1 is 1.11 bits per heavy atom. The van der Waals surface area contributed by atoms with Gasteiger partial charge in [-0.15, -0.1) is 0 Å². The van der Waals surface area contributed by atoms with Crippen molar-refractivity contribution in [3.63, 3.8) is 0 Å². The van der Waals surface area contributed by atoms with Crippen molar-refractivity contribution in [3.8, 4) is 11.3 Å². The first kappa shape index (κ1) is 25.5. The molecule has 184 valence electrons. The van der Waals surface area contributed by atoms with E-state index in [1.165, 1.54) is 31.6 Å². The van der Waals surface area contributed by atoms with Crippen molar-refractivity contribution < 1.29 is 35.6 Å². The van der Waals surface area contributed by atoms with Crippen molar-refractivity contribution in [2.75, 3.05) is 0 Å². The van der Waals surface area contributed by atoms with Gasteiger partial charge in [0.05, 0.1) is 40.9 Å². The number of furan rings is 1. The molecular weight excluding hydrogens is 478 g/mol. The molecule has 6 nitrogen and oxygen atoms in total. The van der Waals surface area contributed by atoms with Crippen LogP contribution in [0.3, 0.4) is 0 Å². The number of rotatable bonds is 6. The number of allylic oxidation sites excluding steroid dienone is 1. The Bertz CT molecular complexity index is 1260. The average Bonchev–Trinajstić information content (AvgIpc) is 3.34. The monoisotopic (exact) mass is 496 g/mol. The molecule has 0 atom stereocenters. The fourth-order valence-electron chi connectivity index (χ4n) is 3.03. The summed E-state index contributed by atoms with van der Waals surface area (Å²) in [5.74, 6) is -0.140. The Morgan fingerprint density at radius 3 is 2.46 bits per heavy atom. The minimum absolute atomic E-state index is 0.00104. The summed E-state index contributed by atoms with van der Waals surface area (Å²) in [5.41, 5.74) is 2.95. The van der Waals surface area contributed by atoms with Gasteiger partial charge in [0.15, 0.2) is 0 Å². The third-order valence-electron chi connectivity index (χ3n) is 4.84. The molecule has 0 spiro atoms. The number of carbonyl (C=O) groups excluding carboxylic acids is 1. The van der Waals surface area contributed by atoms with Crippen molar-refractivity contribution >= 4 is 11.6 Å². The third-order valence-corrected chi connectivity index (χ3v) is 4.84. The molecule has 0 aliphatic carbocycles. The number of halogens is 6. The van der Waals surface area contributed by atoms with Crippen molar-refractivity contribution in [1.29, 1.82) is 0 Å². The molecular formula is C23H18F6N4O2. The first-order valence-corrected chi connectivity index (χ1v) is 9.91. The van der Waals surface area contributed by atoms with E-state index < -0.39 is 41.5 Å². The van der Waals surface area contributed by atoms with Gasteiger partial charge in [0, 0.05) is 24.2 Å². The van der Waals surface area contributed by atoms with E-state index in [2.05, 4.69) is 15.3 Å². The van der Waals surface area contributed by atoms with Crippen molar-refractivity contribution in [3.05, 3.63) is 89.2 Å². The number of nitrogens with zero attached hydrogens (tertiary/aromatic N) is 2. The molecule has 3 rings (SSSR count). The van der Waals surface area contributed by atoms with Crippen LogP contribution in [-0.4, -0.2) is 16.6 Å². The molecule has 3 aromatic rings. The number of alkyl halides is 6. The molecule has 0 unspecified atom stereocenters. The minimum atomic E-state index is -5.02. The van der Waals surface area contributed by atoms with E-state index in [-0.39, 0.29) is 23.0 Å². The number of aromatic nitrogens is 1. The Kier molecular flexibility index (Phi) is 7.32. The second kappa shape index (κ2) is 10.0. The fraction of sp³-hybridized carbons (Fsp3) is 0.174. The lowest BCUT2D eigenvalue weighted by atomic mass is 10.0. The van der Waals surface area contributed by atoms with Gasteiger partial charge in [-0.1, -0.05) is 6.07 Å². The fourth-order valence-corrected chi connectivity index (χ4v) is 3.03. The largest absolute Gasteiger partial charge is 0.464 e. The molecule has 35 heavy (non-hydrogen) atoms. The molecule has 0 aliphatic heterocycles. The maximum absolute atomic E-state index is 13.3. The van der Waals surface area contributed by atoms with E-state index in [1.807, 2.05) is 0 Å². The van der Waals surface area contributed by atoms with Gasteiger partial charge in [-0.25, -0.2) is 0 Å². The van der Waals surface area contributed by atoms with Crippen LogP contribution in [0, 0.1) is 0 Å². The average molecular weight is 496 g/mol. The van der Waals surface area contributed by atoms with Crippen molar-refractivity contribution in [2.24, 2.45) is 10.7 Å². The topological polar surface area (TPSA) is 93.5 Å². The molecule has 2 heterocycles. The van der Waals surface area contributed by atoms with Gasteiger partial charge in [0.2, 0.25) is 0 Å². The zero-order valence-electron chi connectivity index (χ0n) is 18.0. The first-order chi connectivity index (χ1) is 16.4. The number of nitrogens with one attached hydrogen (secondary N) is 1. The van der Waals surface area contributed by atoms with Crippen LogP contribution in [0.2, 0.25) is 0 Å². The van der Waals surface area contributed by atoms with Crippen molar-refractivity contribution in [2.45, 2.75) is 25.8 Å². The number of benzene rings is 1. The van der Waals surface area contributed by atoms with Gasteiger partial charge in [-0.05, 0) is 42.8 Å². The van der Waals surface area contributed by atoms with Crippen LogP contribution in [0.4, 0.5) is 26.3 Å². The SMILES string of the molecule is CC(=NCc1ccc(C(F)(F)F)cc1C(F)(F)F)/C(=C\N)NC(=O)c1cncc(-c2ccco2)c1. The molecule has 0 saturated heterocycles. The zero-order valence-corrected chi connectivity index (χ0v) is 18.0. The maximum atomic E-state index is 13.3. The summed E-state index contributed by atoms with van der Waals surface area (Å²) in [6.07, 6.45) is -4.71. The van der Waals surface area contributed by atoms with Crippen LogP contribution in [0.5, 0.6) is 0 Å². The molecule has 12 heteroatoms. The normalized spacial score (nSPS) is 13.1. The third kappa shape index (κ3) is 6.28. The number of aliphatic imine (C=N–C) groups is 1. The summed E-state index contributed by atoms with van der Waals surface area (Å²) in [5, 5.41) is 2.49. The molecule has 1 amide bonds. The molecule has 0 bridgehead atoms. The minimum Gasteiger partial charge on any atom is -0.464 e. The molecule has 0 radical (unpaired) electrons. The Labute approximate surface area is 195 Å². The van der Waals surface area contributed by atoms with Gasteiger partial charge in [-0.2, -0.15) is 26.3 Å². The van der Waals surface area contributed by atoms with Crippen LogP contribution in [0.25, 0.3) is 11.3 Å². The number of nitrogens with two attached hydrogens (primary N) is 1. The summed E-state index contributed by atoms with van der Waals surface area (Å²) in [6, 6.07) is 6.17. The summed E-state index contributed by atoms with van der Waals surface area (Å²) in [7, 11) is 0. The Balaban J connectivity index is 1.79. The van der Waals surface area contributed by atoms with Gasteiger partial charge in [0.1, 0.15) is 5.76 Å². The second-order valence-electron chi connectivity index (χ2n) is 7.24. The smallest absolute Gasteiger partial charge is 0.416 e. The van der Waals surface area contributed by atoms with Crippen LogP contribution >= 0.6 is 0 Å². The van der Waals surface area contributed by atoms with E-state index in [0.29, 0.717) is 17.4 Å². The number of carbonyl (C=O) groups is 1. The summed E-state index contributed by atoms with van der Waals surface area (Å²) in [4.78, 5) is 20.6. The molecule has 0 fully saturated rings. The van der Waals surface area contributed by atoms with Crippen molar-refractivity contribution in [1.82, 2.24) is 10.3 Å². The van der Waals surface area contributed by atoms with E-state index in [1.54, 1.807) is 12.1 Å². The predicted octanol–water partition coefficient (Wildman–Crippen LogP) is 5.57. The quantitative estimate of drug-likeness (QED) is 0.345. The highest BCUT2D eigenvalue weighted by molar-refractivity contribution is 6.05. The van der Waals surface area contributed by atoms with Crippen LogP contribution in [0.15, 0.2) is 76.4 Å². The van der Waals surface area contributed by atoms with Gasteiger partial charge in [-0.3, -0.25) is 14.8 Å². The van der Waals surface area contributed by atoms with E-state index in [9.17, 15) is 31.1 Å². The highest BCUT2D eigenvalue weighted by atomic mass is 19.4. The molecule has 0 aliphatic rings. The molecule has 0 saturated carbocycles. The maximum Gasteiger partial charge on any atom is 0.416 e. The van der Waals surface area contributed by atoms with E-state index >= 15 is 0 Å². The number of amides is 1. The predicted molar refractivity (Wildman–Crippen MR) is 115 cm³/mol. The van der Waals surface area contributed by atoms with Crippen LogP contribution < -0.4 is 11.1 Å². The van der Waals surface area contributed by atoms with Gasteiger partial charge >= 0.3 is 12.4 Å². The number of pyridine rings is 1. The lowest BCUT2D eigenvalue weighted by Gasteiger charge is -2.15. The molecule has 2 aromatic heterocycles. The van der Waals surface area contributed by atoms with E-state index in [4.69, 9.17) is 10.2 Å². The first-order valence-electron chi connectivity index (χ1n) is 9.91. The standard InChI is InChI=1S/C23H18F6N4O2/c1-13(32-12-14-4-5-17(22(24,25)26)8-18(14)23(27,28)29)19(9-30)33-21(34)16-7-15(10-31-11-16)20-3-2-6-35-20/h2-11H,12,30H2,1H3,(H,33,34)/b19-9+,32-13?. The zero-order chi connectivity index (χ0) is 25.8. The van der Waals surface area contributed by atoms with Gasteiger partial charge < -0.3 is 15.5 Å². The number of hydrogen-bond donors (Lipinski definition) is 2. The lowest BCUT2D eigenvalue weighted by molar-refractivity contribution is -0.143. The van der Waals surface area contributed by atoms with Crippen LogP contribution in [0.1, 0.15) is 34.0 Å². The van der Waals surface area contributed by atoms with E-state index in [0.717, 1.165) is 12.3 Å². The summed E-state index contributed by atoms with van der Waals surface area (Å²) < 4.78 is 83.9. The summed E-state index contributed by atoms with van der Waals surface area (Å²) >= 11 is 0. The number of hydrogen-bond acceptors (Lipinski definition) is 5. The summed E-state index contributed by atoms with van der Waals surface area (Å²) in [6.45, 7) is 0.787. The van der Waals surface area contributed by atoms with Gasteiger partial charge in [0.25, 0.3) is 5.91 Å². The highest BCUT2D eigenvalue weighted by Gasteiger charge is 2.38. The van der Waals surface area contributed by atoms with Crippen LogP contribution in [-0.2, 0) is 18.9 Å². The lowest BCUT2D eigenvalue weighted by Crippen LogP contribution is -2.27. The highest BCUT2D eigenvalue weighted by Crippen LogP contribution is 2.37. The molecule has 1 aromatic carbocycles.